The molecule has 48 nitrogen and oxygen atoms in total. The molecule has 3 rings (SSSR count). The third kappa shape index (κ3) is 38.5. The number of β-amino-alcohol motifs (C(OH)–C–C–N with tert-alkyl or cyclic N) is 1. The normalized spacial score (nSPS) is 17.0. The maximum atomic E-state index is 14.7. The van der Waals surface area contributed by atoms with Crippen LogP contribution in [0.25, 0.3) is 0 Å². The van der Waals surface area contributed by atoms with Crippen molar-refractivity contribution in [2.24, 2.45) is 68.4 Å². The van der Waals surface area contributed by atoms with E-state index in [2.05, 4.69) is 105 Å². The third-order valence-corrected chi connectivity index (χ3v) is 21.8. The van der Waals surface area contributed by atoms with Gasteiger partial charge in [-0.05, 0) is 159 Å². The zero-order valence-corrected chi connectivity index (χ0v) is 76.3. The molecule has 0 saturated carbocycles. The number of carboxylic acid groups (broad SMARTS) is 1. The first kappa shape index (κ1) is 114. The lowest BCUT2D eigenvalue weighted by Crippen LogP contribution is -2.64. The summed E-state index contributed by atoms with van der Waals surface area (Å²) in [6.45, 7) is 8.12. The predicted molar refractivity (Wildman–Crippen MR) is 484 cm³/mol. The number of guanidine groups is 1. The number of aliphatic hydroxyl groups is 3. The molecular weight excluding hydrogens is 1760 g/mol. The number of phenolic OH excluding ortho intramolecular Hbond substituents is 2. The molecule has 2 aromatic carbocycles. The number of aliphatic hydroxyl groups excluding tert-OH is 3. The van der Waals surface area contributed by atoms with Crippen LogP contribution >= 0.6 is 25.3 Å². The van der Waals surface area contributed by atoms with Gasteiger partial charge in [0.05, 0.1) is 31.3 Å². The van der Waals surface area contributed by atoms with Crippen molar-refractivity contribution in [3.63, 3.8) is 0 Å². The standard InChI is InChI=1S/C81H135N25O23S2/c1-8-40(4)61(103-74(123)58-34-46(111)36-106(58)78(127)60(88)39(2)3)75(124)105-63(81(6,7)131)77(126)99-53(32-42-14-18-44(109)19-15-42)70(119)101-56(37-107)72(121)98-54(35-59(87)112)71(120)93-48(13-11-31-91-80(89)90)65(114)96-52(25-30-86)69(118)104-62(41(5)108)76(125)97-51(24-29-85)67(116)92-47(12-9-10-26-82)64(113)94-49(22-27-83)66(115)95-50(23-28-84)68(117)102-57(38-130)73(122)100-55(79(128)129)33-43-16-20-45(110)21-17-43/h14-21,39-41,46-58,60-63,107-111,130-131H,8-13,22-38,82-86,88H2,1-7H3,(H2,87,112)(H,92,116)(H,93,120)(H,94,113)(H,95,115)(H,96,114)(H,97,125)(H,98,121)(H,99,126)(H,100,122)(H,101,119)(H,102,117)(H,103,123)(H,104,118)(H,105,124)(H,128,129)(H4,89,90,91)/t40-,41+,46+,47-,48-,49-,50-,51+,52+,53-,54-,55-,56-,57-,58-,60-,61-,62-,63+/m0/s1. The Balaban J connectivity index is 1.90. The highest BCUT2D eigenvalue weighted by Gasteiger charge is 2.46. The first-order valence-electron chi connectivity index (χ1n) is 42.9. The fourth-order valence-electron chi connectivity index (χ4n) is 13.4. The maximum Gasteiger partial charge on any atom is 0.326 e. The van der Waals surface area contributed by atoms with Gasteiger partial charge in [-0.1, -0.05) is 58.4 Å². The molecule has 2 aromatic rings. The molecular formula is C81H135N25O23S2. The topological polar surface area (TPSA) is 830 Å². The zero-order chi connectivity index (χ0) is 98.9. The summed E-state index contributed by atoms with van der Waals surface area (Å²) in [5, 5.41) is 96.3. The molecule has 131 heavy (non-hydrogen) atoms. The molecule has 1 aliphatic heterocycles. The van der Waals surface area contributed by atoms with Gasteiger partial charge in [-0.3, -0.25) is 81.7 Å². The van der Waals surface area contributed by atoms with Crippen LogP contribution in [-0.2, 0) is 94.3 Å². The van der Waals surface area contributed by atoms with Gasteiger partial charge in [0.1, 0.15) is 102 Å². The molecule has 1 heterocycles. The van der Waals surface area contributed by atoms with Crippen LogP contribution in [0, 0.1) is 11.8 Å². The smallest absolute Gasteiger partial charge is 0.326 e. The molecule has 0 unspecified atom stereocenters. The number of unbranched alkanes of at least 4 members (excludes halogenated alkanes) is 1. The summed E-state index contributed by atoms with van der Waals surface area (Å²) < 4.78 is -1.48. The van der Waals surface area contributed by atoms with Crippen LogP contribution in [0.15, 0.2) is 53.5 Å². The van der Waals surface area contributed by atoms with Crippen molar-refractivity contribution in [2.75, 3.05) is 58.2 Å². The van der Waals surface area contributed by atoms with Gasteiger partial charge in [-0.25, -0.2) is 4.79 Å². The number of nitrogens with one attached hydrogen (secondary N) is 14. The van der Waals surface area contributed by atoms with E-state index in [0.717, 1.165) is 11.8 Å². The Morgan fingerprint density at radius 1 is 0.481 bits per heavy atom. The number of rotatable bonds is 59. The molecule has 0 radical (unpaired) electrons. The number of carbonyl (C=O) groups is 17. The van der Waals surface area contributed by atoms with Gasteiger partial charge >= 0.3 is 5.97 Å². The van der Waals surface area contributed by atoms with Crippen molar-refractivity contribution in [3.05, 3.63) is 59.7 Å². The van der Waals surface area contributed by atoms with Crippen LogP contribution in [0.4, 0.5) is 0 Å². The highest BCUT2D eigenvalue weighted by atomic mass is 32.1. The highest BCUT2D eigenvalue weighted by Crippen LogP contribution is 2.25. The number of nitrogens with zero attached hydrogens (tertiary/aromatic N) is 2. The Morgan fingerprint density at radius 2 is 0.855 bits per heavy atom. The summed E-state index contributed by atoms with van der Waals surface area (Å²) in [6.07, 6.45) is -5.82. The van der Waals surface area contributed by atoms with E-state index >= 15 is 0 Å². The second-order valence-electron chi connectivity index (χ2n) is 32.7. The van der Waals surface area contributed by atoms with E-state index in [-0.39, 0.29) is 133 Å². The number of benzene rings is 2. The van der Waals surface area contributed by atoms with Crippen LogP contribution in [-0.4, -0.2) is 314 Å². The Morgan fingerprint density at radius 3 is 1.26 bits per heavy atom. The van der Waals surface area contributed by atoms with Gasteiger partial charge in [0.15, 0.2) is 5.96 Å². The monoisotopic (exact) mass is 1890 g/mol. The van der Waals surface area contributed by atoms with Crippen molar-refractivity contribution in [3.8, 4) is 11.5 Å². The number of carboxylic acids is 1. The second-order valence-corrected chi connectivity index (χ2v) is 34.2. The molecule has 38 N–H and O–H groups in total. The third-order valence-electron chi connectivity index (χ3n) is 21.2. The van der Waals surface area contributed by atoms with Crippen LogP contribution in [0.1, 0.15) is 137 Å². The van der Waals surface area contributed by atoms with E-state index in [1.165, 1.54) is 62.4 Å². The summed E-state index contributed by atoms with van der Waals surface area (Å²) in [6, 6.07) is -14.8. The second kappa shape index (κ2) is 57.1. The Labute approximate surface area is 769 Å². The van der Waals surface area contributed by atoms with E-state index in [1.807, 2.05) is 0 Å². The number of aromatic hydroxyl groups is 2. The lowest BCUT2D eigenvalue weighted by Gasteiger charge is -2.34. The molecule has 1 saturated heterocycles. The van der Waals surface area contributed by atoms with E-state index in [0.29, 0.717) is 24.0 Å². The van der Waals surface area contributed by atoms with Gasteiger partial charge in [0.2, 0.25) is 94.5 Å². The molecule has 0 aliphatic carbocycles. The van der Waals surface area contributed by atoms with Gasteiger partial charge in [0, 0.05) is 42.9 Å². The number of carbonyl (C=O) groups excluding carboxylic acids is 16. The molecule has 0 spiro atoms. The number of amides is 16. The Hall–Kier alpha value is -11.4. The van der Waals surface area contributed by atoms with Crippen molar-refractivity contribution >= 4 is 132 Å². The molecule has 1 aliphatic rings. The largest absolute Gasteiger partial charge is 0.508 e. The van der Waals surface area contributed by atoms with Crippen molar-refractivity contribution < 1.29 is 112 Å². The molecule has 16 amide bonds. The van der Waals surface area contributed by atoms with Crippen molar-refractivity contribution in [1.82, 2.24) is 79.3 Å². The zero-order valence-electron chi connectivity index (χ0n) is 74.5. The number of thiol groups is 2. The minimum absolute atomic E-state index is 0.0833. The molecule has 50 heteroatoms. The fourth-order valence-corrected chi connectivity index (χ4v) is 13.8. The molecule has 0 bridgehead atoms. The van der Waals surface area contributed by atoms with E-state index < -0.39 is 246 Å². The number of likely N-dealkylation sites (tertiary alicyclic amines) is 1. The first-order chi connectivity index (χ1) is 61.6. The van der Waals surface area contributed by atoms with Gasteiger partial charge in [0.25, 0.3) is 0 Å². The first-order valence-corrected chi connectivity index (χ1v) is 44.0. The molecule has 1 fully saturated rings. The summed E-state index contributed by atoms with van der Waals surface area (Å²) >= 11 is 8.78. The molecule has 0 aromatic heterocycles. The van der Waals surface area contributed by atoms with E-state index in [1.54, 1.807) is 27.7 Å². The quantitative estimate of drug-likeness (QED) is 0.0127. The van der Waals surface area contributed by atoms with Crippen LogP contribution < -0.4 is 126 Å². The minimum Gasteiger partial charge on any atom is -0.508 e. The van der Waals surface area contributed by atoms with Gasteiger partial charge < -0.3 is 162 Å². The lowest BCUT2D eigenvalue weighted by atomic mass is 9.95. The average molecular weight is 1890 g/mol. The number of hydrogen-bond acceptors (Lipinski definition) is 31. The fraction of sp³-hybridized carbons (Fsp3) is 0.630. The lowest BCUT2D eigenvalue weighted by molar-refractivity contribution is -0.142. The van der Waals surface area contributed by atoms with Crippen LogP contribution in [0.2, 0.25) is 0 Å². The molecule has 19 atom stereocenters. The van der Waals surface area contributed by atoms with E-state index in [4.69, 9.17) is 51.6 Å². The number of primary amides is 1. The number of hydrogen-bond donors (Lipinski definition) is 31. The van der Waals surface area contributed by atoms with Gasteiger partial charge in [-0.15, -0.1) is 0 Å². The van der Waals surface area contributed by atoms with E-state index in [9.17, 15) is 112 Å². The van der Waals surface area contributed by atoms with Crippen molar-refractivity contribution in [1.29, 1.82) is 0 Å². The SMILES string of the molecule is CC[C@H](C)[C@H](NC(=O)[C@@H]1C[C@@H](O)CN1C(=O)[C@@H](N)C(C)C)C(=O)N[C@H](C(=O)N[C@@H](Cc1ccc(O)cc1)C(=O)N[C@@H](CO)C(=O)N[C@@H](CC(N)=O)C(=O)N[C@@H](CCCN=C(N)N)C(=O)N[C@H](CCN)C(=O)N[C@H](C(=O)N[C@H](CCN)C(=O)N[C@@H](CCCCN)C(=O)N[C@@H](CCN)C(=O)N[C@@H](CCN)C(=O)N[C@@H](CS)C(=O)N[C@@H](Cc1ccc(O)cc1)C(=O)O)[C@@H](C)O)C(C)(C)S. The number of aliphatic imine (C=N–C) groups is 1. The average Bonchev–Trinajstić information content (AvgIpc) is 1.72. The maximum absolute atomic E-state index is 14.7. The molecule has 734 valence electrons. The summed E-state index contributed by atoms with van der Waals surface area (Å²) in [5.41, 5.74) is 52.9. The predicted octanol–water partition coefficient (Wildman–Crippen LogP) is -10.8. The van der Waals surface area contributed by atoms with Crippen LogP contribution in [0.3, 0.4) is 0 Å². The number of nitrogens with two attached hydrogens (primary N) is 9. The summed E-state index contributed by atoms with van der Waals surface area (Å²) in [5.74, 6) is -20.4. The number of phenols is 2. The van der Waals surface area contributed by atoms with Crippen molar-refractivity contribution in [2.45, 2.75) is 252 Å². The summed E-state index contributed by atoms with van der Waals surface area (Å²) in [7, 11) is 0. The van der Waals surface area contributed by atoms with Crippen LogP contribution in [0.5, 0.6) is 11.5 Å². The summed E-state index contributed by atoms with van der Waals surface area (Å²) in [4.78, 5) is 243. The number of aliphatic carboxylic acids is 1. The van der Waals surface area contributed by atoms with Gasteiger partial charge in [-0.2, -0.15) is 25.3 Å². The Kier molecular flexibility index (Phi) is 49.6. The Bertz CT molecular complexity index is 4190. The highest BCUT2D eigenvalue weighted by molar-refractivity contribution is 7.81. The minimum atomic E-state index is -2.04.